The van der Waals surface area contributed by atoms with Gasteiger partial charge in [-0.25, -0.2) is 4.98 Å². The van der Waals surface area contributed by atoms with Gasteiger partial charge < -0.3 is 14.2 Å². The highest BCUT2D eigenvalue weighted by Crippen LogP contribution is 2.38. The van der Waals surface area contributed by atoms with Crippen molar-refractivity contribution in [1.29, 1.82) is 0 Å². The fourth-order valence-corrected chi connectivity index (χ4v) is 5.72. The Morgan fingerprint density at radius 2 is 1.90 bits per heavy atom. The molecule has 2 heterocycles. The second-order valence-corrected chi connectivity index (χ2v) is 10.6. The van der Waals surface area contributed by atoms with Crippen LogP contribution in [0.5, 0.6) is 17.2 Å². The molecule has 1 aromatic heterocycles. The van der Waals surface area contributed by atoms with Crippen LogP contribution in [0.15, 0.2) is 69.0 Å². The van der Waals surface area contributed by atoms with Crippen LogP contribution in [0, 0.1) is 10.1 Å². The van der Waals surface area contributed by atoms with Crippen molar-refractivity contribution in [1.82, 2.24) is 9.66 Å². The van der Waals surface area contributed by atoms with Crippen LogP contribution in [-0.4, -0.2) is 27.6 Å². The van der Waals surface area contributed by atoms with Gasteiger partial charge in [0.1, 0.15) is 12.4 Å². The van der Waals surface area contributed by atoms with Crippen molar-refractivity contribution in [2.24, 2.45) is 5.10 Å². The molecular formula is C29H25BrN4O6. The molecule has 0 unspecified atom stereocenters. The lowest BCUT2D eigenvalue weighted by Gasteiger charge is -2.22. The fourth-order valence-electron chi connectivity index (χ4n) is 5.14. The topological polar surface area (TPSA) is 118 Å². The van der Waals surface area contributed by atoms with Crippen LogP contribution < -0.4 is 19.8 Å². The van der Waals surface area contributed by atoms with Crippen molar-refractivity contribution < 1.29 is 19.1 Å². The number of nitro groups is 1. The molecule has 1 fully saturated rings. The van der Waals surface area contributed by atoms with Crippen LogP contribution in [0.2, 0.25) is 0 Å². The number of para-hydroxylation sites is 1. The number of ether oxygens (including phenoxy) is 3. The van der Waals surface area contributed by atoms with Gasteiger partial charge in [0.05, 0.1) is 26.5 Å². The summed E-state index contributed by atoms with van der Waals surface area (Å²) in [5, 5.41) is 17.0. The maximum Gasteiger partial charge on any atom is 0.312 e. The number of nitrogens with zero attached hydrogens (tertiary/aromatic N) is 4. The maximum atomic E-state index is 13.5. The van der Waals surface area contributed by atoms with Gasteiger partial charge in [0, 0.05) is 17.5 Å². The number of aromatic nitrogens is 2. The van der Waals surface area contributed by atoms with Crippen molar-refractivity contribution in [2.45, 2.75) is 44.6 Å². The summed E-state index contributed by atoms with van der Waals surface area (Å²) < 4.78 is 18.3. The zero-order chi connectivity index (χ0) is 27.6. The van der Waals surface area contributed by atoms with Crippen molar-refractivity contribution in [2.75, 3.05) is 6.79 Å². The maximum absolute atomic E-state index is 13.5. The van der Waals surface area contributed by atoms with E-state index in [0.29, 0.717) is 38.3 Å². The van der Waals surface area contributed by atoms with Crippen molar-refractivity contribution in [3.8, 4) is 17.2 Å². The first-order chi connectivity index (χ1) is 19.5. The monoisotopic (exact) mass is 604 g/mol. The molecule has 0 bridgehead atoms. The van der Waals surface area contributed by atoms with E-state index in [0.717, 1.165) is 31.2 Å². The van der Waals surface area contributed by atoms with Crippen LogP contribution in [0.4, 0.5) is 5.69 Å². The molecular weight excluding hydrogens is 580 g/mol. The average Bonchev–Trinajstić information content (AvgIpc) is 3.44. The number of rotatable bonds is 7. The number of fused-ring (bicyclic) bond motifs is 2. The zero-order valence-electron chi connectivity index (χ0n) is 21.4. The minimum atomic E-state index is -0.506. The van der Waals surface area contributed by atoms with Crippen LogP contribution in [0.3, 0.4) is 0 Å². The lowest BCUT2D eigenvalue weighted by molar-refractivity contribution is -0.386. The average molecular weight is 605 g/mol. The highest BCUT2D eigenvalue weighted by atomic mass is 79.9. The molecule has 1 aliphatic carbocycles. The normalized spacial score (nSPS) is 15.1. The molecule has 1 aliphatic heterocycles. The molecule has 204 valence electrons. The number of benzene rings is 3. The third-order valence-corrected chi connectivity index (χ3v) is 7.72. The predicted molar refractivity (Wildman–Crippen MR) is 153 cm³/mol. The van der Waals surface area contributed by atoms with Gasteiger partial charge in [-0.2, -0.15) is 9.78 Å². The Hall–Kier alpha value is -4.25. The highest BCUT2D eigenvalue weighted by molar-refractivity contribution is 9.10. The fraction of sp³-hybridized carbons (Fsp3) is 0.276. The van der Waals surface area contributed by atoms with E-state index >= 15 is 0 Å². The molecule has 0 N–H and O–H groups in total. The smallest absolute Gasteiger partial charge is 0.312 e. The molecule has 1 saturated carbocycles. The summed E-state index contributed by atoms with van der Waals surface area (Å²) in [4.78, 5) is 29.8. The van der Waals surface area contributed by atoms with Gasteiger partial charge in [-0.15, -0.1) is 0 Å². The van der Waals surface area contributed by atoms with Crippen molar-refractivity contribution in [3.05, 3.63) is 96.5 Å². The molecule has 0 amide bonds. The van der Waals surface area contributed by atoms with Gasteiger partial charge in [0.15, 0.2) is 11.5 Å². The van der Waals surface area contributed by atoms with E-state index in [1.54, 1.807) is 30.3 Å². The number of halogens is 1. The zero-order valence-corrected chi connectivity index (χ0v) is 23.0. The molecule has 40 heavy (non-hydrogen) atoms. The molecule has 0 atom stereocenters. The number of hydrogen-bond acceptors (Lipinski definition) is 8. The van der Waals surface area contributed by atoms with E-state index in [1.165, 1.54) is 23.4 Å². The summed E-state index contributed by atoms with van der Waals surface area (Å²) >= 11 is 3.42. The molecule has 11 heteroatoms. The molecule has 0 radical (unpaired) electrons. The van der Waals surface area contributed by atoms with Gasteiger partial charge in [0.2, 0.25) is 12.5 Å². The summed E-state index contributed by atoms with van der Waals surface area (Å²) in [6.07, 6.45) is 6.63. The molecule has 4 aromatic rings. The minimum Gasteiger partial charge on any atom is -0.481 e. The highest BCUT2D eigenvalue weighted by Gasteiger charge is 2.24. The first kappa shape index (κ1) is 26.0. The quantitative estimate of drug-likeness (QED) is 0.138. The third-order valence-electron chi connectivity index (χ3n) is 7.13. The van der Waals surface area contributed by atoms with Gasteiger partial charge in [-0.05, 0) is 64.7 Å². The lowest BCUT2D eigenvalue weighted by Crippen LogP contribution is -2.25. The Bertz CT molecular complexity index is 1700. The molecule has 0 spiro atoms. The second kappa shape index (κ2) is 11.1. The number of nitro benzene ring substituents is 1. The van der Waals surface area contributed by atoms with Crippen LogP contribution in [-0.2, 0) is 6.61 Å². The predicted octanol–water partition coefficient (Wildman–Crippen LogP) is 6.30. The summed E-state index contributed by atoms with van der Waals surface area (Å²) in [5.41, 5.74) is 1.35. The van der Waals surface area contributed by atoms with Gasteiger partial charge in [-0.1, -0.05) is 37.5 Å². The standard InChI is InChI=1S/C29H25BrN4O6/c30-22-12-19(13-24(34(36)37)27(22)38-16-18-10-11-25-26(14-18)40-17-39-25)15-31-33-28(20-6-2-1-3-7-20)32-23-9-5-4-8-21(23)29(33)35/h4-5,8-15,20H,1-3,6-7,16-17H2. The Kier molecular flexibility index (Phi) is 7.21. The van der Waals surface area contributed by atoms with Crippen LogP contribution in [0.25, 0.3) is 10.9 Å². The first-order valence-corrected chi connectivity index (χ1v) is 13.8. The van der Waals surface area contributed by atoms with E-state index in [4.69, 9.17) is 19.2 Å². The summed E-state index contributed by atoms with van der Waals surface area (Å²) in [5.74, 6) is 2.08. The van der Waals surface area contributed by atoms with Gasteiger partial charge in [-0.3, -0.25) is 14.9 Å². The van der Waals surface area contributed by atoms with Crippen LogP contribution >= 0.6 is 15.9 Å². The first-order valence-electron chi connectivity index (χ1n) is 13.0. The molecule has 0 saturated heterocycles. The van der Waals surface area contributed by atoms with Crippen molar-refractivity contribution in [3.63, 3.8) is 0 Å². The second-order valence-electron chi connectivity index (χ2n) is 9.77. The van der Waals surface area contributed by atoms with E-state index in [9.17, 15) is 14.9 Å². The van der Waals surface area contributed by atoms with Gasteiger partial charge in [0.25, 0.3) is 5.56 Å². The lowest BCUT2D eigenvalue weighted by atomic mass is 9.88. The Labute approximate surface area is 237 Å². The SMILES string of the molecule is O=c1c2ccccc2nc(C2CCCCC2)n1N=Cc1cc(Br)c(OCc2ccc3c(c2)OCO3)c([N+](=O)[O-])c1. The Morgan fingerprint density at radius 3 is 2.73 bits per heavy atom. The Balaban J connectivity index is 1.32. The van der Waals surface area contributed by atoms with E-state index in [1.807, 2.05) is 18.2 Å². The molecule has 10 nitrogen and oxygen atoms in total. The van der Waals surface area contributed by atoms with E-state index in [-0.39, 0.29) is 36.3 Å². The summed E-state index contributed by atoms with van der Waals surface area (Å²) in [7, 11) is 0. The largest absolute Gasteiger partial charge is 0.481 e. The van der Waals surface area contributed by atoms with Crippen molar-refractivity contribution >= 4 is 38.7 Å². The van der Waals surface area contributed by atoms with Crippen LogP contribution in [0.1, 0.15) is 55.0 Å². The third kappa shape index (κ3) is 5.16. The minimum absolute atomic E-state index is 0.0897. The molecule has 3 aromatic carbocycles. The van der Waals surface area contributed by atoms with Gasteiger partial charge >= 0.3 is 5.69 Å². The summed E-state index contributed by atoms with van der Waals surface area (Å²) in [6.45, 7) is 0.246. The molecule has 2 aliphatic rings. The molecule has 6 rings (SSSR count). The Morgan fingerprint density at radius 1 is 1.10 bits per heavy atom. The summed E-state index contributed by atoms with van der Waals surface area (Å²) in [6, 6.07) is 15.6. The van der Waals surface area contributed by atoms with E-state index in [2.05, 4.69) is 21.0 Å². The van der Waals surface area contributed by atoms with E-state index < -0.39 is 4.92 Å². The number of hydrogen-bond donors (Lipinski definition) is 0.